The molecule has 1 aromatic rings. The molecule has 11 heteroatoms. The maximum atomic E-state index is 13.5. The minimum absolute atomic E-state index is 0.170. The van der Waals surface area contributed by atoms with Crippen LogP contribution in [0, 0.1) is 5.92 Å². The van der Waals surface area contributed by atoms with Crippen LogP contribution in [0.5, 0.6) is 0 Å². The van der Waals surface area contributed by atoms with Crippen LogP contribution in [-0.2, 0) is 9.59 Å². The van der Waals surface area contributed by atoms with Gasteiger partial charge in [-0.05, 0) is 25.5 Å². The molecule has 1 aromatic heterocycles. The van der Waals surface area contributed by atoms with Crippen molar-refractivity contribution in [1.82, 2.24) is 20.0 Å². The Labute approximate surface area is 197 Å². The number of amides is 5. The van der Waals surface area contributed by atoms with Crippen molar-refractivity contribution >= 4 is 35.3 Å². The first kappa shape index (κ1) is 23.4. The topological polar surface area (TPSA) is 119 Å². The van der Waals surface area contributed by atoms with Gasteiger partial charge in [-0.3, -0.25) is 24.2 Å². The highest BCUT2D eigenvalue weighted by atomic mass is 16.3. The van der Waals surface area contributed by atoms with Crippen molar-refractivity contribution in [2.24, 2.45) is 10.9 Å². The van der Waals surface area contributed by atoms with Gasteiger partial charge in [0.1, 0.15) is 12.4 Å². The molecule has 4 rings (SSSR count). The monoisotopic (exact) mass is 469 g/mol. The summed E-state index contributed by atoms with van der Waals surface area (Å²) in [4.78, 5) is 59.7. The summed E-state index contributed by atoms with van der Waals surface area (Å²) >= 11 is 0. The van der Waals surface area contributed by atoms with Crippen LogP contribution in [0.25, 0.3) is 0 Å². The summed E-state index contributed by atoms with van der Waals surface area (Å²) in [5.74, 6) is -1.18. The Hall–Kier alpha value is -3.76. The zero-order valence-electron chi connectivity index (χ0n) is 19.6. The van der Waals surface area contributed by atoms with Crippen LogP contribution in [-0.4, -0.2) is 101 Å². The summed E-state index contributed by atoms with van der Waals surface area (Å²) in [6.45, 7) is 5.88. The molecule has 0 saturated carbocycles. The molecule has 0 aliphatic carbocycles. The second-order valence-corrected chi connectivity index (χ2v) is 8.49. The summed E-state index contributed by atoms with van der Waals surface area (Å²) in [5, 5.41) is 2.71. The van der Waals surface area contributed by atoms with Gasteiger partial charge in [0.15, 0.2) is 24.8 Å². The highest BCUT2D eigenvalue weighted by Crippen LogP contribution is 2.26. The van der Waals surface area contributed by atoms with E-state index in [0.29, 0.717) is 44.3 Å². The first-order chi connectivity index (χ1) is 16.3. The minimum atomic E-state index is -0.793. The van der Waals surface area contributed by atoms with E-state index >= 15 is 0 Å². The smallest absolute Gasteiger partial charge is 0.332 e. The molecular formula is C23H29N6O5+. The van der Waals surface area contributed by atoms with Crippen molar-refractivity contribution in [2.75, 3.05) is 46.3 Å². The number of amidine groups is 1. The predicted octanol–water partition coefficient (Wildman–Crippen LogP) is 0.541. The molecule has 11 nitrogen and oxygen atoms in total. The largest absolute Gasteiger partial charge is 0.459 e. The van der Waals surface area contributed by atoms with Gasteiger partial charge in [0, 0.05) is 25.4 Å². The molecule has 2 fully saturated rings. The summed E-state index contributed by atoms with van der Waals surface area (Å²) < 4.78 is 7.29. The molecule has 0 spiro atoms. The van der Waals surface area contributed by atoms with Crippen LogP contribution in [0.1, 0.15) is 30.8 Å². The van der Waals surface area contributed by atoms with Crippen LogP contribution in [0.15, 0.2) is 39.6 Å². The molecule has 3 aliphatic heterocycles. The number of piperazine rings is 1. The van der Waals surface area contributed by atoms with Gasteiger partial charge >= 0.3 is 6.03 Å². The third-order valence-electron chi connectivity index (χ3n) is 6.21. The maximum Gasteiger partial charge on any atom is 0.332 e. The van der Waals surface area contributed by atoms with Crippen LogP contribution < -0.4 is 5.32 Å². The number of aliphatic imine (C=N–C) groups is 1. The third kappa shape index (κ3) is 4.25. The van der Waals surface area contributed by atoms with E-state index in [9.17, 15) is 19.2 Å². The molecule has 180 valence electrons. The molecule has 3 aliphatic rings. The Balaban J connectivity index is 1.58. The van der Waals surface area contributed by atoms with Crippen LogP contribution in [0.3, 0.4) is 0 Å². The van der Waals surface area contributed by atoms with Crippen molar-refractivity contribution in [3.8, 4) is 0 Å². The average Bonchev–Trinajstić information content (AvgIpc) is 3.38. The fourth-order valence-corrected chi connectivity index (χ4v) is 4.44. The van der Waals surface area contributed by atoms with E-state index in [0.717, 1.165) is 22.6 Å². The number of carbonyl (C=O) groups is 4. The molecule has 2 saturated heterocycles. The van der Waals surface area contributed by atoms with Crippen LogP contribution >= 0.6 is 0 Å². The van der Waals surface area contributed by atoms with Gasteiger partial charge < -0.3 is 14.6 Å². The van der Waals surface area contributed by atoms with E-state index in [1.165, 1.54) is 11.2 Å². The number of fused-ring (bicyclic) bond motifs is 1. The predicted molar refractivity (Wildman–Crippen MR) is 122 cm³/mol. The number of rotatable bonds is 5. The lowest BCUT2D eigenvalue weighted by Crippen LogP contribution is -2.63. The number of imide groups is 1. The van der Waals surface area contributed by atoms with E-state index in [2.05, 4.69) is 14.9 Å². The fourth-order valence-electron chi connectivity index (χ4n) is 4.44. The SMILES string of the molecule is CCCNC(=O)CN1C(=O)C2C(=NC=C(C)C2=[N+]2CCN(C(=O)c3ccco3)CC2)N(C)C1=O. The van der Waals surface area contributed by atoms with E-state index in [1.807, 2.05) is 13.8 Å². The van der Waals surface area contributed by atoms with Gasteiger partial charge in [0.05, 0.1) is 19.4 Å². The standard InChI is InChI=1S/C23H28N6O5/c1-4-7-24-17(30)14-29-22(32)18-19(15(2)13-25-20(18)26(3)23(29)33)27-8-10-28(11-9-27)21(31)16-6-5-12-34-16/h5-6,12-13,18H,4,7-11,14H2,1-3H3/p+1. The van der Waals surface area contributed by atoms with Gasteiger partial charge in [0.2, 0.25) is 11.6 Å². The lowest BCUT2D eigenvalue weighted by atomic mass is 9.90. The Bertz CT molecular complexity index is 1090. The van der Waals surface area contributed by atoms with Crippen molar-refractivity contribution in [2.45, 2.75) is 20.3 Å². The number of nitrogens with zero attached hydrogens (tertiary/aromatic N) is 5. The number of allylic oxidation sites excluding steroid dienone is 1. The average molecular weight is 470 g/mol. The van der Waals surface area contributed by atoms with E-state index < -0.39 is 17.9 Å². The number of carbonyl (C=O) groups excluding carboxylic acids is 4. The Morgan fingerprint density at radius 2 is 2.00 bits per heavy atom. The summed E-state index contributed by atoms with van der Waals surface area (Å²) in [5.41, 5.74) is 1.56. The van der Waals surface area contributed by atoms with E-state index in [1.54, 1.807) is 30.3 Å². The van der Waals surface area contributed by atoms with Gasteiger partial charge in [-0.2, -0.15) is 0 Å². The number of urea groups is 1. The van der Waals surface area contributed by atoms with Crippen molar-refractivity contribution in [3.63, 3.8) is 0 Å². The zero-order valence-corrected chi connectivity index (χ0v) is 19.6. The highest BCUT2D eigenvalue weighted by Gasteiger charge is 2.50. The molecule has 1 N–H and O–H groups in total. The van der Waals surface area contributed by atoms with Gasteiger partial charge in [0.25, 0.3) is 11.8 Å². The van der Waals surface area contributed by atoms with Gasteiger partial charge in [-0.15, -0.1) is 0 Å². The molecule has 0 radical (unpaired) electrons. The normalized spacial score (nSPS) is 20.8. The van der Waals surface area contributed by atoms with E-state index in [4.69, 9.17) is 4.42 Å². The number of hydrogen-bond acceptors (Lipinski definition) is 6. The van der Waals surface area contributed by atoms with Crippen molar-refractivity contribution < 1.29 is 28.2 Å². The third-order valence-corrected chi connectivity index (χ3v) is 6.21. The van der Waals surface area contributed by atoms with Crippen LogP contribution in [0.4, 0.5) is 4.79 Å². The minimum Gasteiger partial charge on any atom is -0.459 e. The fraction of sp³-hybridized carbons (Fsp3) is 0.478. The van der Waals surface area contributed by atoms with Crippen molar-refractivity contribution in [1.29, 1.82) is 0 Å². The molecule has 5 amide bonds. The molecule has 1 atom stereocenters. The molecule has 0 bridgehead atoms. The van der Waals surface area contributed by atoms with E-state index in [-0.39, 0.29) is 18.4 Å². The lowest BCUT2D eigenvalue weighted by Gasteiger charge is -2.38. The summed E-state index contributed by atoms with van der Waals surface area (Å²) in [6.07, 6.45) is 3.88. The Morgan fingerprint density at radius 3 is 2.65 bits per heavy atom. The number of hydrogen-bond donors (Lipinski definition) is 1. The molecule has 34 heavy (non-hydrogen) atoms. The quantitative estimate of drug-likeness (QED) is 0.632. The second-order valence-electron chi connectivity index (χ2n) is 8.49. The molecule has 1 unspecified atom stereocenters. The summed E-state index contributed by atoms with van der Waals surface area (Å²) in [7, 11) is 1.56. The summed E-state index contributed by atoms with van der Waals surface area (Å²) in [6, 6.07) is 2.74. The molecule has 4 heterocycles. The molecular weight excluding hydrogens is 440 g/mol. The second kappa shape index (κ2) is 9.62. The van der Waals surface area contributed by atoms with Crippen molar-refractivity contribution in [3.05, 3.63) is 35.9 Å². The van der Waals surface area contributed by atoms with Gasteiger partial charge in [-0.25, -0.2) is 14.4 Å². The highest BCUT2D eigenvalue weighted by molar-refractivity contribution is 6.32. The maximum absolute atomic E-state index is 13.5. The Kier molecular flexibility index (Phi) is 6.62. The zero-order chi connectivity index (χ0) is 24.4. The molecule has 0 aromatic carbocycles. The first-order valence-electron chi connectivity index (χ1n) is 11.4. The number of furan rings is 1. The lowest BCUT2D eigenvalue weighted by molar-refractivity contribution is -0.539. The first-order valence-corrected chi connectivity index (χ1v) is 11.4. The number of nitrogens with one attached hydrogen (secondary N) is 1. The Morgan fingerprint density at radius 1 is 1.26 bits per heavy atom. The van der Waals surface area contributed by atoms with Gasteiger partial charge in [-0.1, -0.05) is 6.92 Å². The van der Waals surface area contributed by atoms with Crippen LogP contribution in [0.2, 0.25) is 0 Å².